The topological polar surface area (TPSA) is 74.5 Å². The lowest BCUT2D eigenvalue weighted by Gasteiger charge is -2.03. The summed E-state index contributed by atoms with van der Waals surface area (Å²) in [5, 5.41) is 8.28. The first kappa shape index (κ1) is 19.5. The van der Waals surface area contributed by atoms with Crippen molar-refractivity contribution in [2.24, 2.45) is 0 Å². The normalized spacial score (nSPS) is 11.1. The largest absolute Gasteiger partial charge is 0.452 e. The summed E-state index contributed by atoms with van der Waals surface area (Å²) in [5.41, 5.74) is 1.30. The second-order valence-electron chi connectivity index (χ2n) is 5.40. The molecule has 0 atom stereocenters. The number of halogens is 3. The van der Waals surface area contributed by atoms with Gasteiger partial charge in [-0.2, -0.15) is 8.78 Å². The average Bonchev–Trinajstić information content (AvgIpc) is 3.15. The second kappa shape index (κ2) is 9.09. The van der Waals surface area contributed by atoms with E-state index < -0.39 is 12.6 Å². The molecule has 144 valence electrons. The number of hydrogen-bond donors (Lipinski definition) is 0. The van der Waals surface area contributed by atoms with Crippen LogP contribution in [0.3, 0.4) is 0 Å². The number of alkyl halides is 2. The van der Waals surface area contributed by atoms with Crippen LogP contribution in [0.2, 0.25) is 5.02 Å². The molecule has 0 saturated carbocycles. The molecule has 9 heteroatoms. The summed E-state index contributed by atoms with van der Waals surface area (Å²) in [4.78, 5) is 11.8. The van der Waals surface area contributed by atoms with E-state index in [2.05, 4.69) is 14.9 Å². The number of carbonyl (C=O) groups excluding carboxylic acids is 1. The van der Waals surface area contributed by atoms with Crippen molar-refractivity contribution in [2.75, 3.05) is 0 Å². The van der Waals surface area contributed by atoms with Crippen molar-refractivity contribution in [1.29, 1.82) is 0 Å². The Morgan fingerprint density at radius 2 is 1.82 bits per heavy atom. The standard InChI is InChI=1S/C19H13ClF2N2O4/c20-14-6-4-13(5-7-14)18-24-23-16(28-18)11-26-17(25)10-3-12-1-8-15(9-2-12)27-19(21)22/h1-10,19H,11H2/b10-3+. The van der Waals surface area contributed by atoms with Crippen molar-refractivity contribution in [3.8, 4) is 17.2 Å². The van der Waals surface area contributed by atoms with Gasteiger partial charge in [0.2, 0.25) is 5.89 Å². The molecular formula is C19H13ClF2N2O4. The molecule has 28 heavy (non-hydrogen) atoms. The van der Waals surface area contributed by atoms with E-state index in [4.69, 9.17) is 20.8 Å². The van der Waals surface area contributed by atoms with E-state index in [1.807, 2.05) is 0 Å². The zero-order valence-electron chi connectivity index (χ0n) is 14.2. The average molecular weight is 407 g/mol. The number of nitrogens with zero attached hydrogens (tertiary/aromatic N) is 2. The van der Waals surface area contributed by atoms with Crippen LogP contribution in [-0.4, -0.2) is 22.8 Å². The van der Waals surface area contributed by atoms with Crippen molar-refractivity contribution in [3.05, 3.63) is 71.1 Å². The molecule has 0 spiro atoms. The summed E-state index contributed by atoms with van der Waals surface area (Å²) in [7, 11) is 0. The monoisotopic (exact) mass is 406 g/mol. The first-order chi connectivity index (χ1) is 13.5. The lowest BCUT2D eigenvalue weighted by molar-refractivity contribution is -0.139. The maximum atomic E-state index is 12.1. The van der Waals surface area contributed by atoms with Crippen LogP contribution in [0.15, 0.2) is 59.0 Å². The van der Waals surface area contributed by atoms with Crippen molar-refractivity contribution < 1.29 is 27.5 Å². The highest BCUT2D eigenvalue weighted by atomic mass is 35.5. The smallest absolute Gasteiger partial charge is 0.387 e. The first-order valence-electron chi connectivity index (χ1n) is 7.97. The number of aromatic nitrogens is 2. The molecule has 0 fully saturated rings. The predicted octanol–water partition coefficient (Wildman–Crippen LogP) is 4.75. The molecule has 0 aliphatic carbocycles. The molecule has 3 aromatic rings. The Hall–Kier alpha value is -3.26. The number of benzene rings is 2. The number of hydrogen-bond acceptors (Lipinski definition) is 6. The van der Waals surface area contributed by atoms with Crippen LogP contribution < -0.4 is 4.74 Å². The van der Waals surface area contributed by atoms with Crippen LogP contribution in [-0.2, 0) is 16.1 Å². The fourth-order valence-corrected chi connectivity index (χ4v) is 2.25. The Morgan fingerprint density at radius 1 is 1.11 bits per heavy atom. The lowest BCUT2D eigenvalue weighted by Crippen LogP contribution is -2.01. The van der Waals surface area contributed by atoms with Gasteiger partial charge in [0.05, 0.1) is 0 Å². The zero-order chi connectivity index (χ0) is 19.9. The number of carbonyl (C=O) groups is 1. The summed E-state index contributed by atoms with van der Waals surface area (Å²) in [6.45, 7) is -3.08. The van der Waals surface area contributed by atoms with E-state index in [9.17, 15) is 13.6 Å². The molecule has 0 bridgehead atoms. The Kier molecular flexibility index (Phi) is 6.33. The summed E-state index contributed by atoms with van der Waals surface area (Å²) >= 11 is 5.82. The van der Waals surface area contributed by atoms with Gasteiger partial charge in [-0.1, -0.05) is 23.7 Å². The highest BCUT2D eigenvalue weighted by molar-refractivity contribution is 6.30. The van der Waals surface area contributed by atoms with E-state index in [1.54, 1.807) is 24.3 Å². The molecule has 0 aliphatic rings. The Labute approximate surface area is 163 Å². The fourth-order valence-electron chi connectivity index (χ4n) is 2.13. The van der Waals surface area contributed by atoms with Gasteiger partial charge >= 0.3 is 12.6 Å². The van der Waals surface area contributed by atoms with Gasteiger partial charge < -0.3 is 13.9 Å². The van der Waals surface area contributed by atoms with Gasteiger partial charge in [-0.15, -0.1) is 10.2 Å². The molecule has 0 unspecified atom stereocenters. The molecular weight excluding hydrogens is 394 g/mol. The summed E-state index contributed by atoms with van der Waals surface area (Å²) in [6.07, 6.45) is 2.67. The third kappa shape index (κ3) is 5.62. The molecule has 0 radical (unpaired) electrons. The van der Waals surface area contributed by atoms with Gasteiger partial charge in [0.25, 0.3) is 5.89 Å². The van der Waals surface area contributed by atoms with Crippen LogP contribution in [0.5, 0.6) is 5.75 Å². The number of ether oxygens (including phenoxy) is 2. The van der Waals surface area contributed by atoms with Crippen molar-refractivity contribution in [3.63, 3.8) is 0 Å². The fraction of sp³-hybridized carbons (Fsp3) is 0.105. The van der Waals surface area contributed by atoms with Crippen molar-refractivity contribution >= 4 is 23.6 Å². The Balaban J connectivity index is 1.51. The van der Waals surface area contributed by atoms with Crippen LogP contribution >= 0.6 is 11.6 Å². The van der Waals surface area contributed by atoms with E-state index in [1.165, 1.54) is 36.4 Å². The van der Waals surface area contributed by atoms with E-state index >= 15 is 0 Å². The van der Waals surface area contributed by atoms with Crippen molar-refractivity contribution in [2.45, 2.75) is 13.2 Å². The number of rotatable bonds is 7. The van der Waals surface area contributed by atoms with Gasteiger partial charge in [-0.05, 0) is 48.0 Å². The Bertz CT molecular complexity index is 957. The molecule has 3 rings (SSSR count). The van der Waals surface area contributed by atoms with Gasteiger partial charge in [-0.3, -0.25) is 0 Å². The highest BCUT2D eigenvalue weighted by Gasteiger charge is 2.10. The number of esters is 1. The summed E-state index contributed by atoms with van der Waals surface area (Å²) in [6, 6.07) is 12.6. The molecule has 6 nitrogen and oxygen atoms in total. The van der Waals surface area contributed by atoms with Crippen LogP contribution in [0.4, 0.5) is 8.78 Å². The molecule has 0 saturated heterocycles. The van der Waals surface area contributed by atoms with Gasteiger partial charge in [0.15, 0.2) is 6.61 Å². The van der Waals surface area contributed by atoms with E-state index in [0.717, 1.165) is 0 Å². The van der Waals surface area contributed by atoms with E-state index in [0.29, 0.717) is 16.1 Å². The molecule has 0 amide bonds. The quantitative estimate of drug-likeness (QED) is 0.416. The summed E-state index contributed by atoms with van der Waals surface area (Å²) < 4.78 is 38.9. The SMILES string of the molecule is O=C(/C=C/c1ccc(OC(F)F)cc1)OCc1nnc(-c2ccc(Cl)cc2)o1. The Morgan fingerprint density at radius 3 is 2.50 bits per heavy atom. The third-order valence-electron chi connectivity index (χ3n) is 3.41. The minimum Gasteiger partial charge on any atom is -0.452 e. The minimum absolute atomic E-state index is 0.0302. The maximum Gasteiger partial charge on any atom is 0.387 e. The first-order valence-corrected chi connectivity index (χ1v) is 8.35. The van der Waals surface area contributed by atoms with Gasteiger partial charge in [0, 0.05) is 16.7 Å². The molecule has 0 N–H and O–H groups in total. The molecule has 2 aromatic carbocycles. The zero-order valence-corrected chi connectivity index (χ0v) is 15.0. The summed E-state index contributed by atoms with van der Waals surface area (Å²) in [5.74, 6) is -0.175. The minimum atomic E-state index is -2.89. The van der Waals surface area contributed by atoms with Crippen molar-refractivity contribution in [1.82, 2.24) is 10.2 Å². The third-order valence-corrected chi connectivity index (χ3v) is 3.67. The molecule has 1 heterocycles. The molecule has 1 aromatic heterocycles. The highest BCUT2D eigenvalue weighted by Crippen LogP contribution is 2.20. The second-order valence-corrected chi connectivity index (χ2v) is 5.83. The molecule has 0 aliphatic heterocycles. The van der Waals surface area contributed by atoms with Gasteiger partial charge in [0.1, 0.15) is 5.75 Å². The van der Waals surface area contributed by atoms with E-state index in [-0.39, 0.29) is 24.1 Å². The van der Waals surface area contributed by atoms with Crippen LogP contribution in [0.25, 0.3) is 17.5 Å². The lowest BCUT2D eigenvalue weighted by atomic mass is 10.2. The van der Waals surface area contributed by atoms with Gasteiger partial charge in [-0.25, -0.2) is 4.79 Å². The van der Waals surface area contributed by atoms with Crippen LogP contribution in [0.1, 0.15) is 11.5 Å². The predicted molar refractivity (Wildman–Crippen MR) is 96.6 cm³/mol. The van der Waals surface area contributed by atoms with Crippen LogP contribution in [0, 0.1) is 0 Å². The maximum absolute atomic E-state index is 12.1.